The van der Waals surface area contributed by atoms with Crippen LogP contribution in [0.5, 0.6) is 0 Å². The highest BCUT2D eigenvalue weighted by molar-refractivity contribution is 6.10. The molecule has 0 aliphatic carbocycles. The second-order valence-electron chi connectivity index (χ2n) is 6.25. The van der Waals surface area contributed by atoms with Crippen LogP contribution < -0.4 is 9.80 Å². The zero-order valence-electron chi connectivity index (χ0n) is 16.4. The van der Waals surface area contributed by atoms with E-state index in [0.29, 0.717) is 5.84 Å². The lowest BCUT2D eigenvalue weighted by Gasteiger charge is -2.22. The highest BCUT2D eigenvalue weighted by atomic mass is 19.1. The van der Waals surface area contributed by atoms with Crippen LogP contribution in [0.4, 0.5) is 21.6 Å². The number of amidine groups is 1. The molecule has 0 N–H and O–H groups in total. The van der Waals surface area contributed by atoms with E-state index in [1.165, 1.54) is 12.1 Å². The highest BCUT2D eigenvalue weighted by Gasteiger charge is 2.13. The molecule has 5 nitrogen and oxygen atoms in total. The van der Waals surface area contributed by atoms with Crippen LogP contribution in [0.3, 0.4) is 0 Å². The summed E-state index contributed by atoms with van der Waals surface area (Å²) >= 11 is 0. The van der Waals surface area contributed by atoms with Gasteiger partial charge in [0.05, 0.1) is 11.9 Å². The van der Waals surface area contributed by atoms with Crippen LogP contribution >= 0.6 is 0 Å². The molecule has 2 aromatic heterocycles. The smallest absolute Gasteiger partial charge is 0.140 e. The molecular formula is C22H24FN5. The van der Waals surface area contributed by atoms with Crippen molar-refractivity contribution < 1.29 is 4.39 Å². The van der Waals surface area contributed by atoms with Gasteiger partial charge in [-0.2, -0.15) is 0 Å². The summed E-state index contributed by atoms with van der Waals surface area (Å²) in [6.45, 7) is 6.01. The zero-order chi connectivity index (χ0) is 19.9. The topological polar surface area (TPSA) is 44.6 Å². The standard InChI is InChI=1S/C22H24FN5/c1-4-28(5-2)21-11-10-19(16-25-21)26-22(17-6-8-18(23)9-7-17)27(3)20-12-14-24-15-13-20/h6-16H,4-5H2,1-3H3/b26-22-. The Bertz CT molecular complexity index is 904. The molecule has 0 bridgehead atoms. The summed E-state index contributed by atoms with van der Waals surface area (Å²) in [6.07, 6.45) is 5.22. The van der Waals surface area contributed by atoms with Crippen molar-refractivity contribution >= 4 is 23.0 Å². The second-order valence-corrected chi connectivity index (χ2v) is 6.25. The maximum Gasteiger partial charge on any atom is 0.140 e. The Morgan fingerprint density at radius 2 is 1.64 bits per heavy atom. The summed E-state index contributed by atoms with van der Waals surface area (Å²) in [6, 6.07) is 14.1. The molecule has 0 amide bonds. The van der Waals surface area contributed by atoms with Crippen molar-refractivity contribution in [2.75, 3.05) is 29.9 Å². The second kappa shape index (κ2) is 9.08. The first-order valence-corrected chi connectivity index (χ1v) is 9.31. The SMILES string of the molecule is CCN(CC)c1ccc(/N=C(/c2ccc(F)cc2)N(C)c2ccncc2)cn1. The molecule has 0 atom stereocenters. The molecule has 0 unspecified atom stereocenters. The molecule has 2 heterocycles. The van der Waals surface area contributed by atoms with Gasteiger partial charge in [-0.3, -0.25) is 4.98 Å². The number of pyridine rings is 2. The predicted octanol–water partition coefficient (Wildman–Crippen LogP) is 4.68. The van der Waals surface area contributed by atoms with Crippen molar-refractivity contribution in [3.05, 3.63) is 78.5 Å². The minimum absolute atomic E-state index is 0.278. The lowest BCUT2D eigenvalue weighted by Crippen LogP contribution is -2.27. The van der Waals surface area contributed by atoms with Crippen molar-refractivity contribution in [2.24, 2.45) is 4.99 Å². The average Bonchev–Trinajstić information content (AvgIpc) is 2.75. The van der Waals surface area contributed by atoms with Crippen molar-refractivity contribution in [3.8, 4) is 0 Å². The fourth-order valence-corrected chi connectivity index (χ4v) is 2.92. The van der Waals surface area contributed by atoms with Gasteiger partial charge in [-0.05, 0) is 62.4 Å². The first-order valence-electron chi connectivity index (χ1n) is 9.31. The van der Waals surface area contributed by atoms with Crippen LogP contribution in [0.15, 0.2) is 72.1 Å². The van der Waals surface area contributed by atoms with E-state index in [4.69, 9.17) is 4.99 Å². The Kier molecular flexibility index (Phi) is 6.32. The van der Waals surface area contributed by atoms with Gasteiger partial charge in [0, 0.05) is 43.8 Å². The summed E-state index contributed by atoms with van der Waals surface area (Å²) < 4.78 is 13.4. The first-order chi connectivity index (χ1) is 13.6. The van der Waals surface area contributed by atoms with Gasteiger partial charge < -0.3 is 9.80 Å². The third kappa shape index (κ3) is 4.52. The number of nitrogens with zero attached hydrogens (tertiary/aromatic N) is 5. The zero-order valence-corrected chi connectivity index (χ0v) is 16.4. The van der Waals surface area contributed by atoms with Crippen LogP contribution in [0.1, 0.15) is 19.4 Å². The molecular weight excluding hydrogens is 353 g/mol. The maximum atomic E-state index is 13.4. The monoisotopic (exact) mass is 377 g/mol. The molecule has 28 heavy (non-hydrogen) atoms. The van der Waals surface area contributed by atoms with E-state index in [9.17, 15) is 4.39 Å². The van der Waals surface area contributed by atoms with Gasteiger partial charge in [0.2, 0.25) is 0 Å². The maximum absolute atomic E-state index is 13.4. The Labute approximate surface area is 165 Å². The summed E-state index contributed by atoms with van der Waals surface area (Å²) in [5.74, 6) is 1.35. The number of hydrogen-bond acceptors (Lipinski definition) is 4. The van der Waals surface area contributed by atoms with Crippen LogP contribution in [-0.2, 0) is 0 Å². The van der Waals surface area contributed by atoms with Crippen LogP contribution in [0.25, 0.3) is 0 Å². The molecule has 0 radical (unpaired) electrons. The van der Waals surface area contributed by atoms with Gasteiger partial charge >= 0.3 is 0 Å². The Morgan fingerprint density at radius 3 is 2.21 bits per heavy atom. The van der Waals surface area contributed by atoms with Crippen LogP contribution in [0.2, 0.25) is 0 Å². The van der Waals surface area contributed by atoms with Crippen molar-refractivity contribution in [2.45, 2.75) is 13.8 Å². The molecule has 144 valence electrons. The lowest BCUT2D eigenvalue weighted by molar-refractivity contribution is 0.628. The minimum Gasteiger partial charge on any atom is -0.357 e. The number of aliphatic imine (C=N–C) groups is 1. The Morgan fingerprint density at radius 1 is 0.964 bits per heavy atom. The molecule has 0 aliphatic heterocycles. The summed E-state index contributed by atoms with van der Waals surface area (Å²) in [7, 11) is 1.93. The molecule has 3 rings (SSSR count). The number of aromatic nitrogens is 2. The number of halogens is 1. The molecule has 0 saturated heterocycles. The fourth-order valence-electron chi connectivity index (χ4n) is 2.92. The summed E-state index contributed by atoms with van der Waals surface area (Å²) in [5.41, 5.74) is 2.48. The van der Waals surface area contributed by atoms with Gasteiger partial charge in [0.15, 0.2) is 0 Å². The molecule has 1 aromatic carbocycles. The molecule has 6 heteroatoms. The third-order valence-electron chi connectivity index (χ3n) is 4.52. The number of rotatable bonds is 6. The first kappa shape index (κ1) is 19.5. The van der Waals surface area contributed by atoms with E-state index in [2.05, 4.69) is 28.7 Å². The molecule has 3 aromatic rings. The Balaban J connectivity index is 1.99. The van der Waals surface area contributed by atoms with Crippen LogP contribution in [0, 0.1) is 5.82 Å². The van der Waals surface area contributed by atoms with Gasteiger partial charge in [-0.15, -0.1) is 0 Å². The van der Waals surface area contributed by atoms with Crippen LogP contribution in [-0.4, -0.2) is 35.9 Å². The van der Waals surface area contributed by atoms with Gasteiger partial charge in [-0.25, -0.2) is 14.4 Å². The van der Waals surface area contributed by atoms with E-state index in [1.54, 1.807) is 30.7 Å². The quantitative estimate of drug-likeness (QED) is 0.462. The predicted molar refractivity (Wildman–Crippen MR) is 113 cm³/mol. The van der Waals surface area contributed by atoms with E-state index >= 15 is 0 Å². The van der Waals surface area contributed by atoms with Crippen molar-refractivity contribution in [3.63, 3.8) is 0 Å². The number of benzene rings is 1. The van der Waals surface area contributed by atoms with Crippen molar-refractivity contribution in [1.82, 2.24) is 9.97 Å². The molecule has 0 aliphatic rings. The number of hydrogen-bond donors (Lipinski definition) is 0. The summed E-state index contributed by atoms with van der Waals surface area (Å²) in [5, 5.41) is 0. The lowest BCUT2D eigenvalue weighted by atomic mass is 10.1. The van der Waals surface area contributed by atoms with E-state index in [0.717, 1.165) is 35.8 Å². The van der Waals surface area contributed by atoms with Gasteiger partial charge in [-0.1, -0.05) is 0 Å². The van der Waals surface area contributed by atoms with Crippen molar-refractivity contribution in [1.29, 1.82) is 0 Å². The minimum atomic E-state index is -0.278. The Hall–Kier alpha value is -3.28. The third-order valence-corrected chi connectivity index (χ3v) is 4.52. The summed E-state index contributed by atoms with van der Waals surface area (Å²) in [4.78, 5) is 17.5. The highest BCUT2D eigenvalue weighted by Crippen LogP contribution is 2.21. The molecule has 0 fully saturated rings. The fraction of sp³-hybridized carbons (Fsp3) is 0.227. The van der Waals surface area contributed by atoms with E-state index < -0.39 is 0 Å². The van der Waals surface area contributed by atoms with E-state index in [-0.39, 0.29) is 5.82 Å². The normalized spacial score (nSPS) is 11.4. The van der Waals surface area contributed by atoms with Gasteiger partial charge in [0.25, 0.3) is 0 Å². The largest absolute Gasteiger partial charge is 0.357 e. The average molecular weight is 377 g/mol. The molecule has 0 spiro atoms. The van der Waals surface area contributed by atoms with Gasteiger partial charge in [0.1, 0.15) is 17.5 Å². The van der Waals surface area contributed by atoms with E-state index in [1.807, 2.05) is 36.2 Å². The molecule has 0 saturated carbocycles. The number of anilines is 2.